The second kappa shape index (κ2) is 6.21. The molecule has 0 aromatic carbocycles. The molecule has 0 saturated carbocycles. The van der Waals surface area contributed by atoms with Gasteiger partial charge in [0, 0.05) is 6.07 Å². The Balaban J connectivity index is 1.97. The summed E-state index contributed by atoms with van der Waals surface area (Å²) in [6.07, 6.45) is 1.65. The quantitative estimate of drug-likeness (QED) is 0.779. The van der Waals surface area contributed by atoms with Gasteiger partial charge in [-0.2, -0.15) is 0 Å². The zero-order valence-electron chi connectivity index (χ0n) is 9.97. The number of alkyl halides is 1. The van der Waals surface area contributed by atoms with E-state index in [1.54, 1.807) is 19.4 Å². The fourth-order valence-corrected chi connectivity index (χ4v) is 1.54. The summed E-state index contributed by atoms with van der Waals surface area (Å²) in [7, 11) is 1.59. The van der Waals surface area contributed by atoms with E-state index in [9.17, 15) is 0 Å². The Morgan fingerprint density at radius 2 is 2.06 bits per heavy atom. The summed E-state index contributed by atoms with van der Waals surface area (Å²) in [5.74, 6) is 1.66. The van der Waals surface area contributed by atoms with Crippen LogP contribution in [0.5, 0.6) is 11.6 Å². The molecule has 0 amide bonds. The van der Waals surface area contributed by atoms with Gasteiger partial charge in [-0.05, 0) is 18.2 Å². The average Bonchev–Trinajstić information content (AvgIpc) is 2.46. The number of aromatic nitrogens is 2. The number of halogens is 1. The number of rotatable bonds is 5. The molecule has 0 fully saturated rings. The van der Waals surface area contributed by atoms with Crippen LogP contribution in [0.1, 0.15) is 11.4 Å². The van der Waals surface area contributed by atoms with Gasteiger partial charge in [0.05, 0.1) is 30.6 Å². The van der Waals surface area contributed by atoms with Crippen molar-refractivity contribution >= 4 is 11.6 Å². The molecule has 2 heterocycles. The van der Waals surface area contributed by atoms with E-state index in [1.165, 1.54) is 0 Å². The predicted molar refractivity (Wildman–Crippen MR) is 68.9 cm³/mol. The predicted octanol–water partition coefficient (Wildman–Crippen LogP) is 2.80. The van der Waals surface area contributed by atoms with Crippen LogP contribution < -0.4 is 9.47 Å². The zero-order valence-corrected chi connectivity index (χ0v) is 10.7. The highest BCUT2D eigenvalue weighted by atomic mass is 35.5. The minimum absolute atomic E-state index is 0.374. The maximum atomic E-state index is 5.66. The average molecular weight is 265 g/mol. The number of hydrogen-bond acceptors (Lipinski definition) is 4. The Morgan fingerprint density at radius 1 is 1.17 bits per heavy atom. The molecule has 0 unspecified atom stereocenters. The first-order valence-electron chi connectivity index (χ1n) is 5.45. The van der Waals surface area contributed by atoms with Gasteiger partial charge in [0.25, 0.3) is 0 Å². The molecule has 0 saturated heterocycles. The van der Waals surface area contributed by atoms with E-state index >= 15 is 0 Å². The second-order valence-corrected chi connectivity index (χ2v) is 3.85. The fourth-order valence-electron chi connectivity index (χ4n) is 1.38. The van der Waals surface area contributed by atoms with Crippen LogP contribution >= 0.6 is 11.6 Å². The first-order chi connectivity index (χ1) is 8.81. The zero-order chi connectivity index (χ0) is 12.8. The van der Waals surface area contributed by atoms with Crippen LogP contribution in [0.3, 0.4) is 0 Å². The second-order valence-electron chi connectivity index (χ2n) is 3.58. The van der Waals surface area contributed by atoms with E-state index in [-0.39, 0.29) is 0 Å². The van der Waals surface area contributed by atoms with E-state index in [1.807, 2.05) is 24.3 Å². The van der Waals surface area contributed by atoms with Crippen molar-refractivity contribution < 1.29 is 9.47 Å². The Bertz CT molecular complexity index is 503. The van der Waals surface area contributed by atoms with Crippen LogP contribution in [-0.4, -0.2) is 17.1 Å². The van der Waals surface area contributed by atoms with Crippen LogP contribution in [0.4, 0.5) is 0 Å². The van der Waals surface area contributed by atoms with Crippen LogP contribution in [-0.2, 0) is 12.5 Å². The Kier molecular flexibility index (Phi) is 4.36. The maximum absolute atomic E-state index is 5.66. The summed E-state index contributed by atoms with van der Waals surface area (Å²) in [5, 5.41) is 0. The molecule has 2 rings (SSSR count). The van der Waals surface area contributed by atoms with Crippen molar-refractivity contribution in [1.82, 2.24) is 9.97 Å². The Labute approximate surface area is 111 Å². The van der Waals surface area contributed by atoms with Gasteiger partial charge in [-0.25, -0.2) is 4.98 Å². The van der Waals surface area contributed by atoms with Crippen LogP contribution in [0.15, 0.2) is 36.5 Å². The minimum atomic E-state index is 0.374. The maximum Gasteiger partial charge on any atom is 0.213 e. The summed E-state index contributed by atoms with van der Waals surface area (Å²) < 4.78 is 10.6. The smallest absolute Gasteiger partial charge is 0.213 e. The third-order valence-corrected chi connectivity index (χ3v) is 2.59. The molecule has 2 aromatic rings. The van der Waals surface area contributed by atoms with Crippen molar-refractivity contribution in [3.8, 4) is 11.6 Å². The molecule has 0 radical (unpaired) electrons. The summed E-state index contributed by atoms with van der Waals surface area (Å²) in [6, 6.07) is 9.22. The van der Waals surface area contributed by atoms with E-state index < -0.39 is 0 Å². The third-order valence-electron chi connectivity index (χ3n) is 2.31. The van der Waals surface area contributed by atoms with Gasteiger partial charge in [0.15, 0.2) is 0 Å². The lowest BCUT2D eigenvalue weighted by molar-refractivity contribution is 0.297. The van der Waals surface area contributed by atoms with Crippen molar-refractivity contribution in [3.05, 3.63) is 47.9 Å². The minimum Gasteiger partial charge on any atom is -0.486 e. The number of pyridine rings is 2. The molecule has 0 spiro atoms. The Morgan fingerprint density at radius 3 is 2.72 bits per heavy atom. The topological polar surface area (TPSA) is 44.2 Å². The van der Waals surface area contributed by atoms with Crippen molar-refractivity contribution in [1.29, 1.82) is 0 Å². The highest BCUT2D eigenvalue weighted by Crippen LogP contribution is 2.13. The van der Waals surface area contributed by atoms with Gasteiger partial charge in [0.1, 0.15) is 12.4 Å². The SMILES string of the molecule is COc1cccc(COc2ccc(CCl)nc2)n1. The van der Waals surface area contributed by atoms with Crippen molar-refractivity contribution in [2.45, 2.75) is 12.5 Å². The number of nitrogens with zero attached hydrogens (tertiary/aromatic N) is 2. The lowest BCUT2D eigenvalue weighted by atomic mass is 10.3. The van der Waals surface area contributed by atoms with Gasteiger partial charge < -0.3 is 9.47 Å². The molecular weight excluding hydrogens is 252 g/mol. The third kappa shape index (κ3) is 3.34. The highest BCUT2D eigenvalue weighted by molar-refractivity contribution is 6.16. The molecular formula is C13H13ClN2O2. The first kappa shape index (κ1) is 12.6. The van der Waals surface area contributed by atoms with Crippen molar-refractivity contribution in [3.63, 3.8) is 0 Å². The van der Waals surface area contributed by atoms with Crippen LogP contribution in [0, 0.1) is 0 Å². The molecule has 2 aromatic heterocycles. The molecule has 0 aliphatic carbocycles. The van der Waals surface area contributed by atoms with Gasteiger partial charge >= 0.3 is 0 Å². The highest BCUT2D eigenvalue weighted by Gasteiger charge is 2.00. The van der Waals surface area contributed by atoms with Crippen LogP contribution in [0.25, 0.3) is 0 Å². The van der Waals surface area contributed by atoms with Gasteiger partial charge in [-0.3, -0.25) is 4.98 Å². The number of ether oxygens (including phenoxy) is 2. The summed E-state index contributed by atoms with van der Waals surface area (Å²) in [6.45, 7) is 0.374. The standard InChI is InChI=1S/C13H13ClN2O2/c1-17-13-4-2-3-11(16-13)9-18-12-6-5-10(7-14)15-8-12/h2-6,8H,7,9H2,1H3. The van der Waals surface area contributed by atoms with Crippen LogP contribution in [0.2, 0.25) is 0 Å². The molecule has 4 nitrogen and oxygen atoms in total. The van der Waals surface area contributed by atoms with E-state index in [0.717, 1.165) is 11.4 Å². The molecule has 0 N–H and O–H groups in total. The Hall–Kier alpha value is -1.81. The fraction of sp³-hybridized carbons (Fsp3) is 0.231. The van der Waals surface area contributed by atoms with Gasteiger partial charge in [0.2, 0.25) is 5.88 Å². The van der Waals surface area contributed by atoms with E-state index in [4.69, 9.17) is 21.1 Å². The van der Waals surface area contributed by atoms with Gasteiger partial charge in [-0.1, -0.05) is 6.07 Å². The van der Waals surface area contributed by atoms with Crippen molar-refractivity contribution in [2.75, 3.05) is 7.11 Å². The molecule has 0 bridgehead atoms. The molecule has 5 heteroatoms. The number of hydrogen-bond donors (Lipinski definition) is 0. The van der Waals surface area contributed by atoms with Crippen molar-refractivity contribution in [2.24, 2.45) is 0 Å². The summed E-state index contributed by atoms with van der Waals surface area (Å²) >= 11 is 5.66. The van der Waals surface area contributed by atoms with E-state index in [0.29, 0.717) is 24.1 Å². The van der Waals surface area contributed by atoms with Gasteiger partial charge in [-0.15, -0.1) is 11.6 Å². The summed E-state index contributed by atoms with van der Waals surface area (Å²) in [5.41, 5.74) is 1.62. The number of methoxy groups -OCH3 is 1. The molecule has 18 heavy (non-hydrogen) atoms. The molecule has 0 aliphatic rings. The largest absolute Gasteiger partial charge is 0.486 e. The molecule has 94 valence electrons. The lowest BCUT2D eigenvalue weighted by Crippen LogP contribution is -2.00. The van der Waals surface area contributed by atoms with E-state index in [2.05, 4.69) is 9.97 Å². The first-order valence-corrected chi connectivity index (χ1v) is 5.99. The molecule has 0 aliphatic heterocycles. The summed E-state index contributed by atoms with van der Waals surface area (Å²) in [4.78, 5) is 8.39. The molecule has 0 atom stereocenters. The normalized spacial score (nSPS) is 10.1. The monoisotopic (exact) mass is 264 g/mol. The lowest BCUT2D eigenvalue weighted by Gasteiger charge is -2.06.